The Morgan fingerprint density at radius 2 is 1.92 bits per heavy atom. The van der Waals surface area contributed by atoms with Crippen LogP contribution in [0.2, 0.25) is 0 Å². The Labute approximate surface area is 154 Å². The smallest absolute Gasteiger partial charge is 0.224 e. The summed E-state index contributed by atoms with van der Waals surface area (Å²) >= 11 is 0. The van der Waals surface area contributed by atoms with Gasteiger partial charge >= 0.3 is 0 Å². The van der Waals surface area contributed by atoms with Crippen LogP contribution in [-0.4, -0.2) is 24.2 Å². The van der Waals surface area contributed by atoms with E-state index in [0.29, 0.717) is 13.0 Å². The second-order valence-corrected chi connectivity index (χ2v) is 6.66. The van der Waals surface area contributed by atoms with E-state index < -0.39 is 0 Å². The molecule has 0 atom stereocenters. The summed E-state index contributed by atoms with van der Waals surface area (Å²) in [7, 11) is 1.71. The quantitative estimate of drug-likeness (QED) is 0.647. The van der Waals surface area contributed by atoms with Crippen molar-refractivity contribution in [2.24, 2.45) is 0 Å². The summed E-state index contributed by atoms with van der Waals surface area (Å²) in [6.07, 6.45) is 4.36. The summed E-state index contributed by atoms with van der Waals surface area (Å²) in [6, 6.07) is 16.6. The molecule has 0 radical (unpaired) electrons. The molecular formula is C22H26N2O2. The third kappa shape index (κ3) is 4.73. The largest absolute Gasteiger partial charge is 0.383 e. The Kier molecular flexibility index (Phi) is 6.08. The van der Waals surface area contributed by atoms with Crippen LogP contribution in [0.25, 0.3) is 10.9 Å². The molecule has 0 fully saturated rings. The van der Waals surface area contributed by atoms with Crippen molar-refractivity contribution in [3.8, 4) is 0 Å². The molecule has 1 amide bonds. The molecule has 1 heterocycles. The van der Waals surface area contributed by atoms with Gasteiger partial charge in [0.2, 0.25) is 5.91 Å². The van der Waals surface area contributed by atoms with Gasteiger partial charge in [0.15, 0.2) is 0 Å². The lowest BCUT2D eigenvalue weighted by molar-refractivity contribution is -0.116. The maximum Gasteiger partial charge on any atom is 0.224 e. The van der Waals surface area contributed by atoms with Crippen molar-refractivity contribution in [3.05, 3.63) is 65.9 Å². The topological polar surface area (TPSA) is 43.3 Å². The van der Waals surface area contributed by atoms with E-state index >= 15 is 0 Å². The van der Waals surface area contributed by atoms with Crippen LogP contribution in [-0.2, 0) is 22.5 Å². The number of nitrogens with one attached hydrogen (secondary N) is 1. The van der Waals surface area contributed by atoms with Crippen LogP contribution in [0.15, 0.2) is 54.7 Å². The summed E-state index contributed by atoms with van der Waals surface area (Å²) in [6.45, 7) is 3.59. The third-order valence-electron chi connectivity index (χ3n) is 4.58. The lowest BCUT2D eigenvalue weighted by atomic mass is 10.1. The fourth-order valence-electron chi connectivity index (χ4n) is 3.09. The summed E-state index contributed by atoms with van der Waals surface area (Å²) in [4.78, 5) is 12.2. The molecule has 0 bridgehead atoms. The predicted molar refractivity (Wildman–Crippen MR) is 107 cm³/mol. The van der Waals surface area contributed by atoms with Gasteiger partial charge in [-0.05, 0) is 49.6 Å². The van der Waals surface area contributed by atoms with E-state index in [1.54, 1.807) is 7.11 Å². The number of aromatic nitrogens is 1. The maximum absolute atomic E-state index is 12.2. The molecule has 3 rings (SSSR count). The highest BCUT2D eigenvalue weighted by atomic mass is 16.5. The molecule has 3 aromatic rings. The molecule has 2 aromatic carbocycles. The first-order valence-corrected chi connectivity index (χ1v) is 9.09. The number of methoxy groups -OCH3 is 1. The molecule has 136 valence electrons. The molecule has 1 aromatic heterocycles. The molecule has 0 aliphatic heterocycles. The van der Waals surface area contributed by atoms with Crippen LogP contribution in [0.5, 0.6) is 0 Å². The Morgan fingerprint density at radius 3 is 2.69 bits per heavy atom. The third-order valence-corrected chi connectivity index (χ3v) is 4.58. The molecular weight excluding hydrogens is 324 g/mol. The maximum atomic E-state index is 12.2. The number of hydrogen-bond donors (Lipinski definition) is 1. The first-order chi connectivity index (χ1) is 12.7. The molecule has 0 aliphatic rings. The Bertz CT molecular complexity index is 865. The van der Waals surface area contributed by atoms with Crippen LogP contribution < -0.4 is 5.32 Å². The van der Waals surface area contributed by atoms with Crippen molar-refractivity contribution in [2.75, 3.05) is 19.0 Å². The summed E-state index contributed by atoms with van der Waals surface area (Å²) < 4.78 is 7.30. The van der Waals surface area contributed by atoms with Gasteiger partial charge in [0, 0.05) is 42.9 Å². The van der Waals surface area contributed by atoms with Crippen LogP contribution in [0.1, 0.15) is 24.0 Å². The van der Waals surface area contributed by atoms with Crippen molar-refractivity contribution in [1.29, 1.82) is 0 Å². The van der Waals surface area contributed by atoms with Crippen LogP contribution in [0, 0.1) is 6.92 Å². The molecule has 0 unspecified atom stereocenters. The van der Waals surface area contributed by atoms with E-state index in [2.05, 4.69) is 53.3 Å². The molecule has 4 nitrogen and oxygen atoms in total. The van der Waals surface area contributed by atoms with Crippen LogP contribution in [0.4, 0.5) is 5.69 Å². The average molecular weight is 350 g/mol. The van der Waals surface area contributed by atoms with Gasteiger partial charge in [0.25, 0.3) is 0 Å². The van der Waals surface area contributed by atoms with Crippen molar-refractivity contribution in [2.45, 2.75) is 32.7 Å². The van der Waals surface area contributed by atoms with Gasteiger partial charge in [-0.1, -0.05) is 29.8 Å². The zero-order valence-electron chi connectivity index (χ0n) is 15.5. The lowest BCUT2D eigenvalue weighted by Crippen LogP contribution is -2.11. The average Bonchev–Trinajstić information content (AvgIpc) is 3.04. The fourth-order valence-corrected chi connectivity index (χ4v) is 3.09. The van der Waals surface area contributed by atoms with Gasteiger partial charge in [0.05, 0.1) is 6.61 Å². The van der Waals surface area contributed by atoms with Crippen LogP contribution >= 0.6 is 0 Å². The number of carbonyl (C=O) groups is 1. The number of carbonyl (C=O) groups excluding carboxylic acids is 1. The Hall–Kier alpha value is -2.59. The molecule has 0 saturated carbocycles. The van der Waals surface area contributed by atoms with Gasteiger partial charge in [-0.25, -0.2) is 0 Å². The summed E-state index contributed by atoms with van der Waals surface area (Å²) in [5.74, 6) is 0.0651. The van der Waals surface area contributed by atoms with Gasteiger partial charge in [0.1, 0.15) is 0 Å². The van der Waals surface area contributed by atoms with E-state index in [1.165, 1.54) is 11.1 Å². The summed E-state index contributed by atoms with van der Waals surface area (Å²) in [5, 5.41) is 4.13. The van der Waals surface area contributed by atoms with Crippen molar-refractivity contribution in [1.82, 2.24) is 4.57 Å². The van der Waals surface area contributed by atoms with Gasteiger partial charge in [-0.2, -0.15) is 0 Å². The SMILES string of the molecule is COCCn1ccc2cc(NC(=O)CCCc3ccc(C)cc3)ccc21. The van der Waals surface area contributed by atoms with E-state index in [1.807, 2.05) is 18.2 Å². The molecule has 0 saturated heterocycles. The number of anilines is 1. The summed E-state index contributed by atoms with van der Waals surface area (Å²) in [5.41, 5.74) is 4.54. The number of rotatable bonds is 8. The minimum Gasteiger partial charge on any atom is -0.383 e. The first-order valence-electron chi connectivity index (χ1n) is 9.09. The number of aryl methyl sites for hydroxylation is 2. The highest BCUT2D eigenvalue weighted by molar-refractivity contribution is 5.93. The molecule has 0 aliphatic carbocycles. The van der Waals surface area contributed by atoms with E-state index in [9.17, 15) is 4.79 Å². The molecule has 0 spiro atoms. The highest BCUT2D eigenvalue weighted by Gasteiger charge is 2.06. The standard InChI is InChI=1S/C22H26N2O2/c1-17-6-8-18(9-7-17)4-3-5-22(25)23-20-10-11-21-19(16-20)12-13-24(21)14-15-26-2/h6-13,16H,3-5,14-15H2,1-2H3,(H,23,25). The molecule has 1 N–H and O–H groups in total. The van der Waals surface area contributed by atoms with Crippen molar-refractivity contribution in [3.63, 3.8) is 0 Å². The number of ether oxygens (including phenoxy) is 1. The second-order valence-electron chi connectivity index (χ2n) is 6.66. The Balaban J connectivity index is 1.53. The number of hydrogen-bond acceptors (Lipinski definition) is 2. The zero-order valence-corrected chi connectivity index (χ0v) is 15.5. The normalized spacial score (nSPS) is 11.0. The first kappa shape index (κ1) is 18.2. The Morgan fingerprint density at radius 1 is 1.12 bits per heavy atom. The van der Waals surface area contributed by atoms with E-state index in [4.69, 9.17) is 4.74 Å². The van der Waals surface area contributed by atoms with Gasteiger partial charge < -0.3 is 14.6 Å². The minimum absolute atomic E-state index is 0.0651. The van der Waals surface area contributed by atoms with E-state index in [-0.39, 0.29) is 5.91 Å². The van der Waals surface area contributed by atoms with Crippen molar-refractivity contribution >= 4 is 22.5 Å². The van der Waals surface area contributed by atoms with Gasteiger partial charge in [-0.15, -0.1) is 0 Å². The van der Waals surface area contributed by atoms with Gasteiger partial charge in [-0.3, -0.25) is 4.79 Å². The van der Waals surface area contributed by atoms with Crippen molar-refractivity contribution < 1.29 is 9.53 Å². The monoisotopic (exact) mass is 350 g/mol. The fraction of sp³-hybridized carbons (Fsp3) is 0.318. The number of amides is 1. The predicted octanol–water partition coefficient (Wildman–Crippen LogP) is 4.56. The lowest BCUT2D eigenvalue weighted by Gasteiger charge is -2.08. The molecule has 26 heavy (non-hydrogen) atoms. The zero-order chi connectivity index (χ0) is 18.4. The highest BCUT2D eigenvalue weighted by Crippen LogP contribution is 2.21. The van der Waals surface area contributed by atoms with Crippen LogP contribution in [0.3, 0.4) is 0 Å². The second kappa shape index (κ2) is 8.68. The molecule has 4 heteroatoms. The number of benzene rings is 2. The van der Waals surface area contributed by atoms with E-state index in [0.717, 1.165) is 36.0 Å². The number of nitrogens with zero attached hydrogens (tertiary/aromatic N) is 1. The minimum atomic E-state index is 0.0651. The number of fused-ring (bicyclic) bond motifs is 1.